The Morgan fingerprint density at radius 1 is 1.57 bits per heavy atom. The van der Waals surface area contributed by atoms with E-state index >= 15 is 0 Å². The summed E-state index contributed by atoms with van der Waals surface area (Å²) in [5.74, 6) is 0.180. The normalized spacial score (nSPS) is 16.1. The first-order chi connectivity index (χ1) is 6.72. The molecule has 1 aliphatic rings. The number of ketones is 1. The van der Waals surface area contributed by atoms with Gasteiger partial charge in [0, 0.05) is 13.0 Å². The fourth-order valence-corrected chi connectivity index (χ4v) is 1.97. The molecule has 4 heteroatoms. The minimum atomic E-state index is 0.180. The predicted molar refractivity (Wildman–Crippen MR) is 55.1 cm³/mol. The van der Waals surface area contributed by atoms with Crippen LogP contribution in [0.25, 0.3) is 5.57 Å². The molecule has 0 amide bonds. The molecule has 0 atom stereocenters. The van der Waals surface area contributed by atoms with Crippen LogP contribution in [0, 0.1) is 0 Å². The maximum atomic E-state index is 11.1. The SMILES string of the molecule is CCn1ncc(Cl)c1C1=CC(=O)CC1. The first-order valence-electron chi connectivity index (χ1n) is 4.67. The molecule has 1 aromatic rings. The van der Waals surface area contributed by atoms with Gasteiger partial charge in [0.2, 0.25) is 0 Å². The number of aromatic nitrogens is 2. The summed E-state index contributed by atoms with van der Waals surface area (Å²) in [5.41, 5.74) is 1.92. The zero-order valence-corrected chi connectivity index (χ0v) is 8.71. The third-order valence-corrected chi connectivity index (χ3v) is 2.65. The largest absolute Gasteiger partial charge is 0.295 e. The summed E-state index contributed by atoms with van der Waals surface area (Å²) in [7, 11) is 0. The fourth-order valence-electron chi connectivity index (χ4n) is 1.70. The van der Waals surface area contributed by atoms with Crippen molar-refractivity contribution in [3.05, 3.63) is 23.0 Å². The number of carbonyl (C=O) groups excluding carboxylic acids is 1. The lowest BCUT2D eigenvalue weighted by Crippen LogP contribution is -2.01. The van der Waals surface area contributed by atoms with E-state index in [0.717, 1.165) is 24.2 Å². The minimum absolute atomic E-state index is 0.180. The Labute approximate surface area is 87.4 Å². The van der Waals surface area contributed by atoms with Crippen LogP contribution in [0.4, 0.5) is 0 Å². The lowest BCUT2D eigenvalue weighted by Gasteiger charge is -2.05. The molecule has 0 fully saturated rings. The molecule has 0 N–H and O–H groups in total. The summed E-state index contributed by atoms with van der Waals surface area (Å²) >= 11 is 6.02. The van der Waals surface area contributed by atoms with Crippen LogP contribution in [-0.2, 0) is 11.3 Å². The van der Waals surface area contributed by atoms with Crippen LogP contribution < -0.4 is 0 Å². The molecular formula is C10H11ClN2O. The summed E-state index contributed by atoms with van der Waals surface area (Å²) in [6.45, 7) is 2.78. The topological polar surface area (TPSA) is 34.9 Å². The van der Waals surface area contributed by atoms with Crippen LogP contribution in [0.2, 0.25) is 5.02 Å². The summed E-state index contributed by atoms with van der Waals surface area (Å²) in [6.07, 6.45) is 4.68. The monoisotopic (exact) mass is 210 g/mol. The van der Waals surface area contributed by atoms with E-state index in [0.29, 0.717) is 11.4 Å². The van der Waals surface area contributed by atoms with Gasteiger partial charge in [-0.1, -0.05) is 11.6 Å². The van der Waals surface area contributed by atoms with E-state index in [1.54, 1.807) is 12.3 Å². The zero-order valence-electron chi connectivity index (χ0n) is 7.96. The highest BCUT2D eigenvalue weighted by Crippen LogP contribution is 2.30. The van der Waals surface area contributed by atoms with Gasteiger partial charge in [-0.2, -0.15) is 5.10 Å². The zero-order chi connectivity index (χ0) is 10.1. The Hall–Kier alpha value is -1.09. The molecule has 74 valence electrons. The van der Waals surface area contributed by atoms with Gasteiger partial charge < -0.3 is 0 Å². The van der Waals surface area contributed by atoms with Crippen LogP contribution in [0.1, 0.15) is 25.5 Å². The number of halogens is 1. The fraction of sp³-hybridized carbons (Fsp3) is 0.400. The van der Waals surface area contributed by atoms with E-state index in [4.69, 9.17) is 11.6 Å². The van der Waals surface area contributed by atoms with Gasteiger partial charge in [-0.05, 0) is 25.0 Å². The lowest BCUT2D eigenvalue weighted by molar-refractivity contribution is -0.114. The second kappa shape index (κ2) is 3.58. The second-order valence-electron chi connectivity index (χ2n) is 3.29. The van der Waals surface area contributed by atoms with Crippen molar-refractivity contribution in [2.75, 3.05) is 0 Å². The van der Waals surface area contributed by atoms with Crippen LogP contribution in [-0.4, -0.2) is 15.6 Å². The van der Waals surface area contributed by atoms with Gasteiger partial charge in [0.15, 0.2) is 5.78 Å². The number of rotatable bonds is 2. The maximum Gasteiger partial charge on any atom is 0.156 e. The molecule has 1 aliphatic carbocycles. The van der Waals surface area contributed by atoms with E-state index in [1.807, 2.05) is 11.6 Å². The average Bonchev–Trinajstić information content (AvgIpc) is 2.71. The quantitative estimate of drug-likeness (QED) is 0.751. The van der Waals surface area contributed by atoms with Gasteiger partial charge in [0.1, 0.15) is 0 Å². The van der Waals surface area contributed by atoms with Crippen molar-refractivity contribution >= 4 is 23.0 Å². The Kier molecular flexibility index (Phi) is 2.42. The highest BCUT2D eigenvalue weighted by atomic mass is 35.5. The van der Waals surface area contributed by atoms with Crippen LogP contribution in [0.15, 0.2) is 12.3 Å². The number of hydrogen-bond acceptors (Lipinski definition) is 2. The summed E-state index contributed by atoms with van der Waals surface area (Å²) in [5, 5.41) is 4.77. The van der Waals surface area contributed by atoms with E-state index < -0.39 is 0 Å². The molecule has 0 saturated carbocycles. The van der Waals surface area contributed by atoms with Gasteiger partial charge >= 0.3 is 0 Å². The van der Waals surface area contributed by atoms with E-state index in [1.165, 1.54) is 0 Å². The van der Waals surface area contributed by atoms with Crippen molar-refractivity contribution < 1.29 is 4.79 Å². The molecule has 0 unspecified atom stereocenters. The molecule has 0 aliphatic heterocycles. The first-order valence-corrected chi connectivity index (χ1v) is 5.05. The highest BCUT2D eigenvalue weighted by molar-refractivity contribution is 6.32. The highest BCUT2D eigenvalue weighted by Gasteiger charge is 2.19. The summed E-state index contributed by atoms with van der Waals surface area (Å²) < 4.78 is 1.83. The Bertz CT molecular complexity index is 406. The van der Waals surface area contributed by atoms with Crippen LogP contribution in [0.5, 0.6) is 0 Å². The second-order valence-corrected chi connectivity index (χ2v) is 3.70. The Balaban J connectivity index is 2.44. The van der Waals surface area contributed by atoms with Crippen molar-refractivity contribution in [3.63, 3.8) is 0 Å². The molecule has 0 saturated heterocycles. The van der Waals surface area contributed by atoms with Gasteiger partial charge in [-0.3, -0.25) is 9.48 Å². The Morgan fingerprint density at radius 2 is 2.36 bits per heavy atom. The van der Waals surface area contributed by atoms with E-state index in [2.05, 4.69) is 5.10 Å². The van der Waals surface area contributed by atoms with Crippen molar-refractivity contribution in [1.29, 1.82) is 0 Å². The van der Waals surface area contributed by atoms with Gasteiger partial charge in [0.05, 0.1) is 16.9 Å². The molecule has 14 heavy (non-hydrogen) atoms. The van der Waals surface area contributed by atoms with Crippen molar-refractivity contribution in [3.8, 4) is 0 Å². The third kappa shape index (κ3) is 1.48. The first kappa shape index (κ1) is 9.46. The van der Waals surface area contributed by atoms with Crippen molar-refractivity contribution in [1.82, 2.24) is 9.78 Å². The summed E-state index contributed by atoms with van der Waals surface area (Å²) in [4.78, 5) is 11.1. The van der Waals surface area contributed by atoms with E-state index in [9.17, 15) is 4.79 Å². The smallest absolute Gasteiger partial charge is 0.156 e. The summed E-state index contributed by atoms with van der Waals surface area (Å²) in [6, 6.07) is 0. The van der Waals surface area contributed by atoms with Crippen molar-refractivity contribution in [2.24, 2.45) is 0 Å². The molecule has 0 radical (unpaired) electrons. The number of allylic oxidation sites excluding steroid dienone is 2. The number of hydrogen-bond donors (Lipinski definition) is 0. The number of aryl methyl sites for hydroxylation is 1. The molecule has 2 rings (SSSR count). The molecule has 3 nitrogen and oxygen atoms in total. The number of carbonyl (C=O) groups is 1. The molecule has 1 aromatic heterocycles. The molecule has 0 bridgehead atoms. The average molecular weight is 211 g/mol. The molecular weight excluding hydrogens is 200 g/mol. The maximum absolute atomic E-state index is 11.1. The van der Waals surface area contributed by atoms with Gasteiger partial charge in [-0.15, -0.1) is 0 Å². The third-order valence-electron chi connectivity index (χ3n) is 2.37. The standard InChI is InChI=1S/C10H11ClN2O/c1-2-13-10(9(11)6-12-13)7-3-4-8(14)5-7/h5-6H,2-4H2,1H3. The predicted octanol–water partition coefficient (Wildman–Crippen LogP) is 2.30. The van der Waals surface area contributed by atoms with E-state index in [-0.39, 0.29) is 5.78 Å². The minimum Gasteiger partial charge on any atom is -0.295 e. The molecule has 0 aromatic carbocycles. The van der Waals surface area contributed by atoms with Crippen molar-refractivity contribution in [2.45, 2.75) is 26.3 Å². The molecule has 1 heterocycles. The lowest BCUT2D eigenvalue weighted by atomic mass is 10.1. The van der Waals surface area contributed by atoms with Gasteiger partial charge in [0.25, 0.3) is 0 Å². The Morgan fingerprint density at radius 3 is 2.93 bits per heavy atom. The van der Waals surface area contributed by atoms with Gasteiger partial charge in [-0.25, -0.2) is 0 Å². The van der Waals surface area contributed by atoms with Crippen LogP contribution >= 0.6 is 11.6 Å². The van der Waals surface area contributed by atoms with Crippen LogP contribution in [0.3, 0.4) is 0 Å². The number of nitrogens with zero attached hydrogens (tertiary/aromatic N) is 2. The molecule has 0 spiro atoms.